The van der Waals surface area contributed by atoms with Crippen LogP contribution in [0.2, 0.25) is 0 Å². The molecule has 1 aliphatic rings. The van der Waals surface area contributed by atoms with Crippen LogP contribution in [0.1, 0.15) is 37.1 Å². The third kappa shape index (κ3) is 3.67. The van der Waals surface area contributed by atoms with E-state index in [1.165, 1.54) is 0 Å². The summed E-state index contributed by atoms with van der Waals surface area (Å²) in [6.45, 7) is 2.21. The van der Waals surface area contributed by atoms with Gasteiger partial charge in [0.05, 0.1) is 17.7 Å². The first-order valence-corrected chi connectivity index (χ1v) is 8.45. The van der Waals surface area contributed by atoms with Gasteiger partial charge in [0.25, 0.3) is 0 Å². The van der Waals surface area contributed by atoms with Crippen molar-refractivity contribution < 1.29 is 14.3 Å². The highest BCUT2D eigenvalue weighted by atomic mass is 16.4. The standard InChI is InChI=1S/C19H24N2O3/c1-14-16(20-18(24-14)15-8-4-3-5-9-15)12-17(22)21(2)13-19(23)10-6-7-11-19/h3-5,8-9,23H,6-7,10-13H2,1-2H3. The van der Waals surface area contributed by atoms with E-state index in [1.54, 1.807) is 11.9 Å². The van der Waals surface area contributed by atoms with Gasteiger partial charge >= 0.3 is 0 Å². The van der Waals surface area contributed by atoms with Crippen LogP contribution in [0.5, 0.6) is 0 Å². The minimum absolute atomic E-state index is 0.0497. The predicted molar refractivity (Wildman–Crippen MR) is 91.4 cm³/mol. The monoisotopic (exact) mass is 328 g/mol. The van der Waals surface area contributed by atoms with Gasteiger partial charge in [-0.05, 0) is 31.9 Å². The van der Waals surface area contributed by atoms with Crippen molar-refractivity contribution >= 4 is 5.91 Å². The van der Waals surface area contributed by atoms with E-state index < -0.39 is 5.60 Å². The van der Waals surface area contributed by atoms with Gasteiger partial charge in [-0.1, -0.05) is 31.0 Å². The van der Waals surface area contributed by atoms with Crippen LogP contribution in [0, 0.1) is 6.92 Å². The summed E-state index contributed by atoms with van der Waals surface area (Å²) in [6, 6.07) is 9.65. The molecule has 1 aliphatic carbocycles. The summed E-state index contributed by atoms with van der Waals surface area (Å²) in [7, 11) is 1.74. The number of nitrogens with zero attached hydrogens (tertiary/aromatic N) is 2. The lowest BCUT2D eigenvalue weighted by Crippen LogP contribution is -2.42. The number of benzene rings is 1. The zero-order valence-corrected chi connectivity index (χ0v) is 14.3. The summed E-state index contributed by atoms with van der Waals surface area (Å²) in [5, 5.41) is 10.5. The average Bonchev–Trinajstić information content (AvgIpc) is 3.15. The van der Waals surface area contributed by atoms with E-state index in [0.717, 1.165) is 31.2 Å². The number of aryl methyl sites for hydroxylation is 1. The summed E-state index contributed by atoms with van der Waals surface area (Å²) < 4.78 is 5.70. The molecule has 0 aliphatic heterocycles. The molecular weight excluding hydrogens is 304 g/mol. The molecule has 1 fully saturated rings. The summed E-state index contributed by atoms with van der Waals surface area (Å²) in [4.78, 5) is 18.6. The van der Waals surface area contributed by atoms with Gasteiger partial charge in [0.15, 0.2) is 0 Å². The van der Waals surface area contributed by atoms with Crippen LogP contribution in [-0.2, 0) is 11.2 Å². The first-order chi connectivity index (χ1) is 11.5. The Kier molecular flexibility index (Phi) is 4.71. The minimum atomic E-state index is -0.724. The molecular formula is C19H24N2O3. The molecule has 1 aromatic heterocycles. The second kappa shape index (κ2) is 6.77. The number of likely N-dealkylation sites (N-methyl/N-ethyl adjacent to an activating group) is 1. The SMILES string of the molecule is Cc1oc(-c2ccccc2)nc1CC(=O)N(C)CC1(O)CCCC1. The molecule has 5 heteroatoms. The molecule has 2 aromatic rings. The van der Waals surface area contributed by atoms with E-state index in [-0.39, 0.29) is 12.3 Å². The lowest BCUT2D eigenvalue weighted by Gasteiger charge is -2.28. The highest BCUT2D eigenvalue weighted by Gasteiger charge is 2.33. The van der Waals surface area contributed by atoms with E-state index in [4.69, 9.17) is 4.42 Å². The van der Waals surface area contributed by atoms with Crippen molar-refractivity contribution in [2.45, 2.75) is 44.6 Å². The normalized spacial score (nSPS) is 16.3. The Labute approximate surface area is 142 Å². The summed E-state index contributed by atoms with van der Waals surface area (Å²) >= 11 is 0. The first-order valence-electron chi connectivity index (χ1n) is 8.45. The van der Waals surface area contributed by atoms with Gasteiger partial charge in [0.2, 0.25) is 11.8 Å². The van der Waals surface area contributed by atoms with Crippen LogP contribution in [-0.4, -0.2) is 40.1 Å². The zero-order valence-electron chi connectivity index (χ0n) is 14.3. The molecule has 1 aromatic carbocycles. The lowest BCUT2D eigenvalue weighted by molar-refractivity contribution is -0.132. The molecule has 0 radical (unpaired) electrons. The zero-order chi connectivity index (χ0) is 17.2. The topological polar surface area (TPSA) is 66.6 Å². The number of aliphatic hydroxyl groups is 1. The maximum atomic E-state index is 12.5. The van der Waals surface area contributed by atoms with Gasteiger partial charge in [-0.2, -0.15) is 0 Å². The summed E-state index contributed by atoms with van der Waals surface area (Å²) in [6.07, 6.45) is 3.79. The quantitative estimate of drug-likeness (QED) is 0.916. The Morgan fingerprint density at radius 3 is 2.62 bits per heavy atom. The van der Waals surface area contributed by atoms with Crippen molar-refractivity contribution in [3.8, 4) is 11.5 Å². The van der Waals surface area contributed by atoms with Crippen LogP contribution in [0.3, 0.4) is 0 Å². The Bertz CT molecular complexity index is 703. The molecule has 3 rings (SSSR count). The number of carbonyl (C=O) groups excluding carboxylic acids is 1. The molecule has 0 atom stereocenters. The van der Waals surface area contributed by atoms with Crippen LogP contribution in [0.25, 0.3) is 11.5 Å². The summed E-state index contributed by atoms with van der Waals surface area (Å²) in [5.74, 6) is 1.15. The van der Waals surface area contributed by atoms with Crippen molar-refractivity contribution in [1.82, 2.24) is 9.88 Å². The molecule has 0 unspecified atom stereocenters. The number of rotatable bonds is 5. The largest absolute Gasteiger partial charge is 0.441 e. The number of hydrogen-bond donors (Lipinski definition) is 1. The fourth-order valence-electron chi connectivity index (χ4n) is 3.30. The fourth-order valence-corrected chi connectivity index (χ4v) is 3.30. The van der Waals surface area contributed by atoms with Crippen molar-refractivity contribution in [3.05, 3.63) is 41.8 Å². The molecule has 1 amide bonds. The Balaban J connectivity index is 1.67. The predicted octanol–water partition coefficient (Wildman–Crippen LogP) is 2.96. The van der Waals surface area contributed by atoms with Crippen molar-refractivity contribution in [2.24, 2.45) is 0 Å². The molecule has 0 spiro atoms. The highest BCUT2D eigenvalue weighted by molar-refractivity contribution is 5.78. The maximum Gasteiger partial charge on any atom is 0.228 e. The van der Waals surface area contributed by atoms with Crippen LogP contribution in [0.15, 0.2) is 34.7 Å². The molecule has 0 saturated heterocycles. The van der Waals surface area contributed by atoms with Crippen molar-refractivity contribution in [3.63, 3.8) is 0 Å². The minimum Gasteiger partial charge on any atom is -0.441 e. The van der Waals surface area contributed by atoms with E-state index in [2.05, 4.69) is 4.98 Å². The second-order valence-corrected chi connectivity index (χ2v) is 6.75. The number of carbonyl (C=O) groups is 1. The molecule has 1 heterocycles. The average molecular weight is 328 g/mol. The maximum absolute atomic E-state index is 12.5. The van der Waals surface area contributed by atoms with Crippen molar-refractivity contribution in [2.75, 3.05) is 13.6 Å². The van der Waals surface area contributed by atoms with E-state index >= 15 is 0 Å². The van der Waals surface area contributed by atoms with Gasteiger partial charge < -0.3 is 14.4 Å². The van der Waals surface area contributed by atoms with Gasteiger partial charge in [-0.25, -0.2) is 4.98 Å². The van der Waals surface area contributed by atoms with Crippen LogP contribution in [0.4, 0.5) is 0 Å². The Hall–Kier alpha value is -2.14. The third-order valence-electron chi connectivity index (χ3n) is 4.72. The van der Waals surface area contributed by atoms with E-state index in [0.29, 0.717) is 23.9 Å². The molecule has 0 bridgehead atoms. The first kappa shape index (κ1) is 16.7. The molecule has 128 valence electrons. The Morgan fingerprint density at radius 1 is 1.29 bits per heavy atom. The van der Waals surface area contributed by atoms with E-state index in [1.807, 2.05) is 37.3 Å². The van der Waals surface area contributed by atoms with Crippen LogP contribution >= 0.6 is 0 Å². The van der Waals surface area contributed by atoms with Gasteiger partial charge in [0.1, 0.15) is 5.76 Å². The molecule has 5 nitrogen and oxygen atoms in total. The Morgan fingerprint density at radius 2 is 1.96 bits per heavy atom. The number of oxazole rings is 1. The number of aromatic nitrogens is 1. The third-order valence-corrected chi connectivity index (χ3v) is 4.72. The van der Waals surface area contributed by atoms with Gasteiger partial charge in [0, 0.05) is 19.2 Å². The smallest absolute Gasteiger partial charge is 0.228 e. The van der Waals surface area contributed by atoms with Gasteiger partial charge in [-0.15, -0.1) is 0 Å². The molecule has 24 heavy (non-hydrogen) atoms. The second-order valence-electron chi connectivity index (χ2n) is 6.75. The number of hydrogen-bond acceptors (Lipinski definition) is 4. The highest BCUT2D eigenvalue weighted by Crippen LogP contribution is 2.30. The number of amides is 1. The fraction of sp³-hybridized carbons (Fsp3) is 0.474. The van der Waals surface area contributed by atoms with Gasteiger partial charge in [-0.3, -0.25) is 4.79 Å². The summed E-state index contributed by atoms with van der Waals surface area (Å²) in [5.41, 5.74) is 0.829. The van der Waals surface area contributed by atoms with Crippen LogP contribution < -0.4 is 0 Å². The molecule has 1 saturated carbocycles. The molecule has 1 N–H and O–H groups in total. The van der Waals surface area contributed by atoms with Crippen molar-refractivity contribution in [1.29, 1.82) is 0 Å². The lowest BCUT2D eigenvalue weighted by atomic mass is 10.0. The van der Waals surface area contributed by atoms with E-state index in [9.17, 15) is 9.90 Å².